The molecule has 1 aliphatic rings. The molecule has 0 bridgehead atoms. The summed E-state index contributed by atoms with van der Waals surface area (Å²) in [6.07, 6.45) is 0.131. The van der Waals surface area contributed by atoms with Gasteiger partial charge < -0.3 is 15.0 Å². The molecular formula is C20H21ClN2O3. The van der Waals surface area contributed by atoms with E-state index in [2.05, 4.69) is 5.32 Å². The Bertz CT molecular complexity index is 866. The van der Waals surface area contributed by atoms with E-state index >= 15 is 0 Å². The highest BCUT2D eigenvalue weighted by molar-refractivity contribution is 6.30. The number of carbonyl (C=O) groups is 2. The molecule has 0 fully saturated rings. The molecular weight excluding hydrogens is 352 g/mol. The van der Waals surface area contributed by atoms with Crippen LogP contribution >= 0.6 is 11.6 Å². The molecule has 1 atom stereocenters. The molecule has 1 aliphatic heterocycles. The predicted molar refractivity (Wildman–Crippen MR) is 103 cm³/mol. The number of nitrogens with zero attached hydrogens (tertiary/aromatic N) is 1. The minimum absolute atomic E-state index is 0.0286. The van der Waals surface area contributed by atoms with E-state index in [0.29, 0.717) is 23.0 Å². The van der Waals surface area contributed by atoms with Gasteiger partial charge >= 0.3 is 0 Å². The second kappa shape index (κ2) is 7.38. The Morgan fingerprint density at radius 2 is 2.00 bits per heavy atom. The maximum absolute atomic E-state index is 12.4. The van der Waals surface area contributed by atoms with Gasteiger partial charge in [-0.25, -0.2) is 0 Å². The molecule has 0 saturated carbocycles. The standard InChI is InChI=1S/C20H21ClN2O3/c1-12-10-16(21)4-7-19(12)26-13(2)20(25)22-17-5-6-18-15(11-17)8-9-23(18)14(3)24/h4-7,10-11,13H,8-9H2,1-3H3,(H,22,25). The first-order valence-corrected chi connectivity index (χ1v) is 8.87. The Balaban J connectivity index is 1.67. The fourth-order valence-electron chi connectivity index (χ4n) is 3.04. The number of benzene rings is 2. The van der Waals surface area contributed by atoms with Gasteiger partial charge in [0.1, 0.15) is 5.75 Å². The van der Waals surface area contributed by atoms with Crippen LogP contribution in [0.1, 0.15) is 25.0 Å². The fourth-order valence-corrected chi connectivity index (χ4v) is 3.27. The number of hydrogen-bond acceptors (Lipinski definition) is 3. The minimum atomic E-state index is -0.656. The first-order chi connectivity index (χ1) is 12.3. The summed E-state index contributed by atoms with van der Waals surface area (Å²) in [5.74, 6) is 0.421. The van der Waals surface area contributed by atoms with Gasteiger partial charge in [-0.05, 0) is 67.8 Å². The summed E-state index contributed by atoms with van der Waals surface area (Å²) >= 11 is 5.94. The largest absolute Gasteiger partial charge is 0.481 e. The number of fused-ring (bicyclic) bond motifs is 1. The van der Waals surface area contributed by atoms with Crippen molar-refractivity contribution >= 4 is 34.8 Å². The number of hydrogen-bond donors (Lipinski definition) is 1. The maximum atomic E-state index is 12.4. The van der Waals surface area contributed by atoms with Crippen molar-refractivity contribution in [1.29, 1.82) is 0 Å². The van der Waals surface area contributed by atoms with E-state index in [1.54, 1.807) is 43.0 Å². The molecule has 0 saturated heterocycles. The number of ether oxygens (including phenoxy) is 1. The van der Waals surface area contributed by atoms with Crippen molar-refractivity contribution < 1.29 is 14.3 Å². The Labute approximate surface area is 157 Å². The van der Waals surface area contributed by atoms with E-state index in [1.807, 2.05) is 19.1 Å². The average molecular weight is 373 g/mol. The van der Waals surface area contributed by atoms with Crippen molar-refractivity contribution in [2.75, 3.05) is 16.8 Å². The average Bonchev–Trinajstić information content (AvgIpc) is 3.00. The molecule has 2 aromatic carbocycles. The van der Waals surface area contributed by atoms with E-state index < -0.39 is 6.10 Å². The lowest BCUT2D eigenvalue weighted by molar-refractivity contribution is -0.122. The van der Waals surface area contributed by atoms with Crippen LogP contribution in [0.5, 0.6) is 5.75 Å². The normalized spacial score (nSPS) is 13.9. The summed E-state index contributed by atoms with van der Waals surface area (Å²) in [5, 5.41) is 3.50. The zero-order valence-electron chi connectivity index (χ0n) is 15.0. The third-order valence-electron chi connectivity index (χ3n) is 4.43. The van der Waals surface area contributed by atoms with Gasteiger partial charge in [0.2, 0.25) is 5.91 Å². The number of halogens is 1. The third-order valence-corrected chi connectivity index (χ3v) is 4.67. The summed E-state index contributed by atoms with van der Waals surface area (Å²) < 4.78 is 5.75. The lowest BCUT2D eigenvalue weighted by Crippen LogP contribution is -2.30. The summed E-state index contributed by atoms with van der Waals surface area (Å²) in [5.41, 5.74) is 3.54. The van der Waals surface area contributed by atoms with Gasteiger partial charge in [0, 0.05) is 29.9 Å². The molecule has 0 radical (unpaired) electrons. The Hall–Kier alpha value is -2.53. The van der Waals surface area contributed by atoms with Crippen LogP contribution in [0.3, 0.4) is 0 Å². The van der Waals surface area contributed by atoms with Crippen LogP contribution < -0.4 is 15.0 Å². The first-order valence-electron chi connectivity index (χ1n) is 8.50. The maximum Gasteiger partial charge on any atom is 0.265 e. The smallest absolute Gasteiger partial charge is 0.265 e. The summed E-state index contributed by atoms with van der Waals surface area (Å²) in [6.45, 7) is 5.82. The molecule has 0 spiro atoms. The Kier molecular flexibility index (Phi) is 5.18. The van der Waals surface area contributed by atoms with Gasteiger partial charge in [-0.3, -0.25) is 9.59 Å². The molecule has 2 aromatic rings. The molecule has 5 nitrogen and oxygen atoms in total. The van der Waals surface area contributed by atoms with Crippen molar-refractivity contribution in [2.45, 2.75) is 33.3 Å². The number of nitrogens with one attached hydrogen (secondary N) is 1. The molecule has 136 valence electrons. The monoisotopic (exact) mass is 372 g/mol. The minimum Gasteiger partial charge on any atom is -0.481 e. The quantitative estimate of drug-likeness (QED) is 0.883. The SMILES string of the molecule is CC(=O)N1CCc2cc(NC(=O)C(C)Oc3ccc(Cl)cc3C)ccc21. The van der Waals surface area contributed by atoms with Crippen molar-refractivity contribution in [1.82, 2.24) is 0 Å². The predicted octanol–water partition coefficient (Wildman–Crippen LogP) is 3.96. The molecule has 0 aliphatic carbocycles. The van der Waals surface area contributed by atoms with Crippen LogP contribution in [0.4, 0.5) is 11.4 Å². The van der Waals surface area contributed by atoms with Crippen molar-refractivity contribution in [2.24, 2.45) is 0 Å². The van der Waals surface area contributed by atoms with Crippen molar-refractivity contribution in [3.63, 3.8) is 0 Å². The third kappa shape index (κ3) is 3.83. The lowest BCUT2D eigenvalue weighted by Gasteiger charge is -2.17. The molecule has 0 aromatic heterocycles. The number of anilines is 2. The molecule has 2 amide bonds. The van der Waals surface area contributed by atoms with Crippen LogP contribution in [-0.4, -0.2) is 24.5 Å². The van der Waals surface area contributed by atoms with Gasteiger partial charge in [-0.2, -0.15) is 0 Å². The highest BCUT2D eigenvalue weighted by atomic mass is 35.5. The van der Waals surface area contributed by atoms with Crippen LogP contribution in [0.25, 0.3) is 0 Å². The van der Waals surface area contributed by atoms with Crippen molar-refractivity contribution in [3.8, 4) is 5.75 Å². The topological polar surface area (TPSA) is 58.6 Å². The molecule has 6 heteroatoms. The van der Waals surface area contributed by atoms with E-state index in [-0.39, 0.29) is 11.8 Å². The molecule has 1 heterocycles. The highest BCUT2D eigenvalue weighted by Crippen LogP contribution is 2.30. The highest BCUT2D eigenvalue weighted by Gasteiger charge is 2.23. The van der Waals surface area contributed by atoms with Gasteiger partial charge in [-0.1, -0.05) is 11.6 Å². The van der Waals surface area contributed by atoms with E-state index in [1.165, 1.54) is 0 Å². The van der Waals surface area contributed by atoms with E-state index in [9.17, 15) is 9.59 Å². The van der Waals surface area contributed by atoms with Gasteiger partial charge in [0.15, 0.2) is 6.10 Å². The number of aryl methyl sites for hydroxylation is 1. The van der Waals surface area contributed by atoms with Gasteiger partial charge in [-0.15, -0.1) is 0 Å². The fraction of sp³-hybridized carbons (Fsp3) is 0.300. The lowest BCUT2D eigenvalue weighted by atomic mass is 10.1. The molecule has 1 unspecified atom stereocenters. The van der Waals surface area contributed by atoms with E-state index in [4.69, 9.17) is 16.3 Å². The zero-order chi connectivity index (χ0) is 18.8. The summed E-state index contributed by atoms with van der Waals surface area (Å²) in [6, 6.07) is 10.9. The van der Waals surface area contributed by atoms with Gasteiger partial charge in [0.05, 0.1) is 0 Å². The van der Waals surface area contributed by atoms with Crippen molar-refractivity contribution in [3.05, 3.63) is 52.5 Å². The summed E-state index contributed by atoms with van der Waals surface area (Å²) in [4.78, 5) is 25.8. The van der Waals surface area contributed by atoms with E-state index in [0.717, 1.165) is 23.2 Å². The molecule has 26 heavy (non-hydrogen) atoms. The molecule has 1 N–H and O–H groups in total. The zero-order valence-corrected chi connectivity index (χ0v) is 15.8. The Morgan fingerprint density at radius 1 is 1.23 bits per heavy atom. The second-order valence-corrected chi connectivity index (χ2v) is 6.86. The number of carbonyl (C=O) groups excluding carboxylic acids is 2. The first kappa shape index (κ1) is 18.3. The van der Waals surface area contributed by atoms with Crippen LogP contribution in [0, 0.1) is 6.92 Å². The van der Waals surface area contributed by atoms with Crippen LogP contribution in [0.2, 0.25) is 5.02 Å². The summed E-state index contributed by atoms with van der Waals surface area (Å²) in [7, 11) is 0. The molecule has 3 rings (SSSR count). The number of amides is 2. The van der Waals surface area contributed by atoms with Gasteiger partial charge in [0.25, 0.3) is 5.91 Å². The second-order valence-electron chi connectivity index (χ2n) is 6.42. The Morgan fingerprint density at radius 3 is 2.69 bits per heavy atom. The number of rotatable bonds is 4. The van der Waals surface area contributed by atoms with Crippen LogP contribution in [-0.2, 0) is 16.0 Å². The van der Waals surface area contributed by atoms with Crippen LogP contribution in [0.15, 0.2) is 36.4 Å².